The molecule has 3 atom stereocenters. The number of rotatable bonds is 8. The predicted octanol–water partition coefficient (Wildman–Crippen LogP) is 5.90. The van der Waals surface area contributed by atoms with E-state index in [0.717, 1.165) is 18.9 Å². The number of amides is 1. The Morgan fingerprint density at radius 2 is 1.86 bits per heavy atom. The van der Waals surface area contributed by atoms with Gasteiger partial charge in [0.2, 0.25) is 5.91 Å². The van der Waals surface area contributed by atoms with Crippen molar-refractivity contribution in [1.82, 2.24) is 29.9 Å². The zero-order valence-corrected chi connectivity index (χ0v) is 27.6. The molecule has 2 aliphatic carbocycles. The average Bonchev–Trinajstić information content (AvgIpc) is 3.66. The van der Waals surface area contributed by atoms with E-state index in [0.29, 0.717) is 57.1 Å². The Bertz CT molecular complexity index is 2190. The molecule has 50 heavy (non-hydrogen) atoms. The van der Waals surface area contributed by atoms with Crippen LogP contribution < -0.4 is 11.1 Å². The first-order valence-corrected chi connectivity index (χ1v) is 16.4. The lowest BCUT2D eigenvalue weighted by Gasteiger charge is -2.23. The molecule has 3 heterocycles. The second kappa shape index (κ2) is 12.6. The van der Waals surface area contributed by atoms with Gasteiger partial charge in [0.05, 0.1) is 17.3 Å². The molecule has 1 saturated carbocycles. The molecule has 9 nitrogen and oxygen atoms in total. The number of nitrogens with two attached hydrogens (primary N) is 1. The molecule has 0 spiro atoms. The van der Waals surface area contributed by atoms with Crippen LogP contribution in [0.3, 0.4) is 0 Å². The number of aromatic nitrogens is 5. The number of nitrogen functional groups attached to an aromatic ring is 1. The molecule has 2 aliphatic rings. The minimum Gasteiger partial charge on any atom is -0.382 e. The molecule has 13 heteroatoms. The van der Waals surface area contributed by atoms with Crippen molar-refractivity contribution in [2.24, 2.45) is 13.0 Å². The number of aliphatic hydroxyl groups is 1. The van der Waals surface area contributed by atoms with Gasteiger partial charge in [-0.05, 0) is 87.3 Å². The molecule has 3 aromatic heterocycles. The second-order valence-corrected chi connectivity index (χ2v) is 13.6. The minimum atomic E-state index is -2.78. The third-order valence-electron chi connectivity index (χ3n) is 9.30. The maximum absolute atomic E-state index is 14.5. The number of carbonyl (C=O) groups excluding carboxylic acids is 1. The Morgan fingerprint density at radius 3 is 2.58 bits per heavy atom. The van der Waals surface area contributed by atoms with Crippen molar-refractivity contribution in [3.8, 4) is 23.0 Å². The molecular formula is C37H35F4N7O2. The van der Waals surface area contributed by atoms with Crippen LogP contribution in [0.15, 0.2) is 48.5 Å². The molecule has 0 radical (unpaired) electrons. The molecular weight excluding hydrogens is 650 g/mol. The number of halogens is 4. The van der Waals surface area contributed by atoms with Crippen LogP contribution in [0.25, 0.3) is 22.0 Å². The van der Waals surface area contributed by atoms with E-state index in [1.807, 2.05) is 18.2 Å². The van der Waals surface area contributed by atoms with Crippen molar-refractivity contribution >= 4 is 22.6 Å². The monoisotopic (exact) mass is 685 g/mol. The maximum atomic E-state index is 14.5. The molecule has 7 rings (SSSR count). The normalized spacial score (nSPS) is 17.2. The molecule has 1 amide bonds. The summed E-state index contributed by atoms with van der Waals surface area (Å²) in [7, 11) is 1.75. The molecule has 258 valence electrons. The van der Waals surface area contributed by atoms with E-state index in [2.05, 4.69) is 27.4 Å². The number of alkyl halides is 2. The van der Waals surface area contributed by atoms with E-state index >= 15 is 0 Å². The highest BCUT2D eigenvalue weighted by molar-refractivity contribution is 6.00. The summed E-state index contributed by atoms with van der Waals surface area (Å²) < 4.78 is 60.0. The van der Waals surface area contributed by atoms with E-state index in [1.54, 1.807) is 23.9 Å². The highest BCUT2D eigenvalue weighted by atomic mass is 19.3. The number of nitrogens with one attached hydrogen (secondary N) is 1. The van der Waals surface area contributed by atoms with Crippen molar-refractivity contribution in [3.63, 3.8) is 0 Å². The molecule has 2 aromatic carbocycles. The van der Waals surface area contributed by atoms with Crippen LogP contribution in [0.5, 0.6) is 0 Å². The van der Waals surface area contributed by atoms with Crippen LogP contribution in [0.2, 0.25) is 0 Å². The summed E-state index contributed by atoms with van der Waals surface area (Å²) in [6.45, 7) is 2.72. The topological polar surface area (TPSA) is 124 Å². The van der Waals surface area contributed by atoms with Gasteiger partial charge in [0.1, 0.15) is 35.2 Å². The van der Waals surface area contributed by atoms with Gasteiger partial charge in [0, 0.05) is 46.8 Å². The van der Waals surface area contributed by atoms with Crippen molar-refractivity contribution in [3.05, 3.63) is 94.1 Å². The fourth-order valence-electron chi connectivity index (χ4n) is 7.12. The second-order valence-electron chi connectivity index (χ2n) is 13.6. The van der Waals surface area contributed by atoms with Crippen LogP contribution in [0, 0.1) is 29.4 Å². The first kappa shape index (κ1) is 33.3. The van der Waals surface area contributed by atoms with Gasteiger partial charge < -0.3 is 16.2 Å². The highest BCUT2D eigenvalue weighted by Crippen LogP contribution is 2.55. The van der Waals surface area contributed by atoms with Crippen LogP contribution in [-0.4, -0.2) is 41.2 Å². The molecule has 5 aromatic rings. The van der Waals surface area contributed by atoms with Gasteiger partial charge in [-0.1, -0.05) is 18.1 Å². The maximum Gasteiger partial charge on any atom is 0.282 e. The first-order valence-electron chi connectivity index (χ1n) is 16.4. The summed E-state index contributed by atoms with van der Waals surface area (Å²) in [6.07, 6.45) is -0.690. The number of carbonyl (C=O) groups is 1. The number of hydrogen-bond donors (Lipinski definition) is 3. The number of benzene rings is 2. The Kier molecular flexibility index (Phi) is 8.38. The fraction of sp³-hybridized carbons (Fsp3) is 0.351. The molecule has 4 N–H and O–H groups in total. The predicted molar refractivity (Wildman–Crippen MR) is 179 cm³/mol. The van der Waals surface area contributed by atoms with E-state index in [9.17, 15) is 27.5 Å². The van der Waals surface area contributed by atoms with Crippen molar-refractivity contribution in [2.75, 3.05) is 5.73 Å². The molecule has 0 aliphatic heterocycles. The zero-order chi connectivity index (χ0) is 35.5. The lowest BCUT2D eigenvalue weighted by atomic mass is 9.93. The number of pyridine rings is 1. The molecule has 1 fully saturated rings. The SMILES string of the molecule is Cn1nc(N)c2cccc(-c3ccc(C#CC(C)(C)O)nc3[C@H](Cc3cc(F)cc(F)c3)NC(=O)Cn3nc(C(F)F)c4c3C3CC3CC4)c21. The Morgan fingerprint density at radius 1 is 1.10 bits per heavy atom. The van der Waals surface area contributed by atoms with Gasteiger partial charge in [0.25, 0.3) is 6.43 Å². The van der Waals surface area contributed by atoms with Gasteiger partial charge in [0.15, 0.2) is 5.82 Å². The van der Waals surface area contributed by atoms with Crippen LogP contribution >= 0.6 is 0 Å². The van der Waals surface area contributed by atoms with Gasteiger partial charge in [-0.2, -0.15) is 10.2 Å². The number of fused-ring (bicyclic) bond motifs is 4. The van der Waals surface area contributed by atoms with Crippen molar-refractivity contribution in [2.45, 2.75) is 70.1 Å². The fourth-order valence-corrected chi connectivity index (χ4v) is 7.12. The summed E-state index contributed by atoms with van der Waals surface area (Å²) in [5.41, 5.74) is 8.53. The smallest absolute Gasteiger partial charge is 0.282 e. The summed E-state index contributed by atoms with van der Waals surface area (Å²) in [4.78, 5) is 18.8. The third-order valence-corrected chi connectivity index (χ3v) is 9.30. The Labute approximate surface area is 285 Å². The lowest BCUT2D eigenvalue weighted by Crippen LogP contribution is -2.34. The first-order chi connectivity index (χ1) is 23.8. The summed E-state index contributed by atoms with van der Waals surface area (Å²) in [5, 5.41) is 22.5. The van der Waals surface area contributed by atoms with E-state index in [-0.39, 0.29) is 35.8 Å². The van der Waals surface area contributed by atoms with Crippen molar-refractivity contribution in [1.29, 1.82) is 0 Å². The van der Waals surface area contributed by atoms with Crippen LogP contribution in [0.1, 0.15) is 79.0 Å². The average molecular weight is 686 g/mol. The number of aryl methyl sites for hydroxylation is 1. The number of hydrogen-bond acceptors (Lipinski definition) is 6. The third kappa shape index (κ3) is 6.55. The van der Waals surface area contributed by atoms with Gasteiger partial charge in [-0.25, -0.2) is 22.5 Å². The van der Waals surface area contributed by atoms with E-state index < -0.39 is 35.6 Å². The quantitative estimate of drug-likeness (QED) is 0.138. The summed E-state index contributed by atoms with van der Waals surface area (Å²) in [5.74, 6) is 4.28. The van der Waals surface area contributed by atoms with E-state index in [4.69, 9.17) is 10.7 Å². The minimum absolute atomic E-state index is 0.0868. The number of anilines is 1. The largest absolute Gasteiger partial charge is 0.382 e. The summed E-state index contributed by atoms with van der Waals surface area (Å²) in [6, 6.07) is 11.0. The van der Waals surface area contributed by atoms with Crippen molar-refractivity contribution < 1.29 is 27.5 Å². The lowest BCUT2D eigenvalue weighted by molar-refractivity contribution is -0.122. The van der Waals surface area contributed by atoms with Gasteiger partial charge in [-0.15, -0.1) is 0 Å². The Hall–Kier alpha value is -5.22. The molecule has 0 saturated heterocycles. The number of nitrogens with zero attached hydrogens (tertiary/aromatic N) is 5. The Balaban J connectivity index is 1.35. The van der Waals surface area contributed by atoms with Crippen LogP contribution in [-0.2, 0) is 31.2 Å². The standard InChI is InChI=1S/C37H35F4N7O2/c1-37(2,50)12-11-23-8-10-24(25-5-4-6-27-33(25)47(3)46-36(27)42)31(43-23)29(15-19-13-21(38)17-22(39)14-19)44-30(49)18-48-34-26(32(45-48)35(40)41)9-7-20-16-28(20)34/h4-6,8,10,13-14,17,20,28-29,35,50H,7,9,15-16,18H2,1-3H3,(H2,42,46)(H,44,49)/t20?,28?,29-/m0/s1. The zero-order valence-electron chi connectivity index (χ0n) is 27.6. The highest BCUT2D eigenvalue weighted by Gasteiger charge is 2.46. The molecule has 2 unspecified atom stereocenters. The number of para-hydroxylation sites is 1. The molecule has 0 bridgehead atoms. The van der Waals surface area contributed by atoms with Gasteiger partial charge in [-0.3, -0.25) is 14.2 Å². The summed E-state index contributed by atoms with van der Waals surface area (Å²) >= 11 is 0. The van der Waals surface area contributed by atoms with Crippen LogP contribution in [0.4, 0.5) is 23.4 Å². The van der Waals surface area contributed by atoms with E-state index in [1.165, 1.54) is 30.7 Å². The van der Waals surface area contributed by atoms with Gasteiger partial charge >= 0.3 is 0 Å².